The molecule has 9 aromatic rings. The summed E-state index contributed by atoms with van der Waals surface area (Å²) in [7, 11) is -3.35. The first kappa shape index (κ1) is 25.3. The molecule has 0 aliphatic rings. The quantitative estimate of drug-likeness (QED) is 0.150. The first-order chi connectivity index (χ1) is 21.7. The Morgan fingerprint density at radius 3 is 1.70 bits per heavy atom. The molecular weight excluding hydrogens is 551 g/mol. The van der Waals surface area contributed by atoms with Crippen LogP contribution in [0, 0.1) is 0 Å². The van der Waals surface area contributed by atoms with E-state index in [0.29, 0.717) is 0 Å². The summed E-state index contributed by atoms with van der Waals surface area (Å²) < 4.78 is 16.3. The lowest BCUT2D eigenvalue weighted by atomic mass is 9.90. The molecule has 0 saturated heterocycles. The molecule has 0 spiro atoms. The zero-order valence-electron chi connectivity index (χ0n) is 23.9. The van der Waals surface area contributed by atoms with Gasteiger partial charge in [0, 0.05) is 15.9 Å². The molecule has 0 aliphatic carbocycles. The van der Waals surface area contributed by atoms with E-state index < -0.39 is 7.14 Å². The second-order valence-corrected chi connectivity index (χ2v) is 14.3. The van der Waals surface area contributed by atoms with Crippen LogP contribution in [0.1, 0.15) is 0 Å². The average Bonchev–Trinajstić information content (AvgIpc) is 3.10. The van der Waals surface area contributed by atoms with Gasteiger partial charge in [0.25, 0.3) is 0 Å². The maximum absolute atomic E-state index is 16.3. The van der Waals surface area contributed by atoms with Gasteiger partial charge in [0.2, 0.25) is 0 Å². The molecule has 0 fully saturated rings. The second kappa shape index (κ2) is 9.64. The van der Waals surface area contributed by atoms with E-state index in [1.54, 1.807) is 0 Å². The molecule has 1 nitrogen and oxygen atoms in total. The van der Waals surface area contributed by atoms with Crippen molar-refractivity contribution in [3.05, 3.63) is 164 Å². The van der Waals surface area contributed by atoms with E-state index in [2.05, 4.69) is 133 Å². The Morgan fingerprint density at radius 1 is 0.364 bits per heavy atom. The van der Waals surface area contributed by atoms with E-state index in [1.165, 1.54) is 38.1 Å². The van der Waals surface area contributed by atoms with E-state index in [9.17, 15) is 0 Å². The zero-order chi connectivity index (χ0) is 29.3. The smallest absolute Gasteiger partial charge is 0.172 e. The Hall–Kier alpha value is -5.23. The molecule has 0 saturated carbocycles. The van der Waals surface area contributed by atoms with Gasteiger partial charge in [-0.15, -0.1) is 0 Å². The molecule has 0 heterocycles. The monoisotopic (exact) mass is 578 g/mol. The lowest BCUT2D eigenvalue weighted by molar-refractivity contribution is 0.593. The van der Waals surface area contributed by atoms with Gasteiger partial charge in [-0.25, -0.2) is 0 Å². The van der Waals surface area contributed by atoms with Crippen molar-refractivity contribution in [2.24, 2.45) is 0 Å². The van der Waals surface area contributed by atoms with E-state index in [4.69, 9.17) is 0 Å². The highest BCUT2D eigenvalue weighted by atomic mass is 31.2. The van der Waals surface area contributed by atoms with Crippen molar-refractivity contribution in [3.8, 4) is 11.1 Å². The molecule has 9 rings (SSSR count). The standard InChI is InChI=1S/C42H27OP/c43-44(32-14-5-2-6-15-32,40-27-31-13-7-8-16-33(31)35-17-9-10-18-36(35)40)39-26-22-30-20-24-37-34(28-11-3-1-4-12-28)23-19-29-21-25-38(39)42(30)41(29)37/h1-27H. The lowest BCUT2D eigenvalue weighted by Crippen LogP contribution is -2.26. The number of hydrogen-bond acceptors (Lipinski definition) is 1. The lowest BCUT2D eigenvalue weighted by Gasteiger charge is -2.25. The number of benzene rings is 9. The van der Waals surface area contributed by atoms with Crippen molar-refractivity contribution in [3.63, 3.8) is 0 Å². The molecule has 9 aromatic carbocycles. The summed E-state index contributed by atoms with van der Waals surface area (Å²) in [5.74, 6) is 0. The van der Waals surface area contributed by atoms with Crippen LogP contribution < -0.4 is 15.9 Å². The number of hydrogen-bond donors (Lipinski definition) is 0. The van der Waals surface area contributed by atoms with E-state index >= 15 is 4.57 Å². The van der Waals surface area contributed by atoms with Gasteiger partial charge in [-0.05, 0) is 77.1 Å². The molecule has 44 heavy (non-hydrogen) atoms. The molecule has 0 bridgehead atoms. The van der Waals surface area contributed by atoms with Gasteiger partial charge in [0.15, 0.2) is 7.14 Å². The highest BCUT2D eigenvalue weighted by Crippen LogP contribution is 2.49. The largest absolute Gasteiger partial charge is 0.309 e. The van der Waals surface area contributed by atoms with Crippen LogP contribution in [0.25, 0.3) is 65.0 Å². The zero-order valence-corrected chi connectivity index (χ0v) is 24.8. The summed E-state index contributed by atoms with van der Waals surface area (Å²) in [6.07, 6.45) is 0. The Morgan fingerprint density at radius 2 is 0.932 bits per heavy atom. The van der Waals surface area contributed by atoms with Gasteiger partial charge in [0.05, 0.1) is 0 Å². The number of fused-ring (bicyclic) bond motifs is 3. The van der Waals surface area contributed by atoms with Crippen LogP contribution in [0.4, 0.5) is 0 Å². The van der Waals surface area contributed by atoms with Crippen molar-refractivity contribution in [1.29, 1.82) is 0 Å². The summed E-state index contributed by atoms with van der Waals surface area (Å²) in [4.78, 5) is 0. The molecule has 0 radical (unpaired) electrons. The van der Waals surface area contributed by atoms with Gasteiger partial charge < -0.3 is 4.57 Å². The summed E-state index contributed by atoms with van der Waals surface area (Å²) in [6.45, 7) is 0. The average molecular weight is 579 g/mol. The van der Waals surface area contributed by atoms with Crippen molar-refractivity contribution in [2.75, 3.05) is 0 Å². The maximum Gasteiger partial charge on any atom is 0.172 e. The van der Waals surface area contributed by atoms with E-state index in [0.717, 1.165) is 42.8 Å². The molecular formula is C42H27OP. The van der Waals surface area contributed by atoms with Gasteiger partial charge in [0.1, 0.15) is 0 Å². The van der Waals surface area contributed by atoms with Gasteiger partial charge >= 0.3 is 0 Å². The van der Waals surface area contributed by atoms with Crippen molar-refractivity contribution >= 4 is 76.9 Å². The fraction of sp³-hybridized carbons (Fsp3) is 0. The molecule has 0 amide bonds. The molecule has 206 valence electrons. The van der Waals surface area contributed by atoms with Crippen LogP contribution >= 0.6 is 7.14 Å². The minimum Gasteiger partial charge on any atom is -0.309 e. The Bertz CT molecular complexity index is 2570. The van der Waals surface area contributed by atoms with Crippen LogP contribution in [0.2, 0.25) is 0 Å². The SMILES string of the molecule is O=P(c1ccccc1)(c1cc2ccccc2c2ccccc12)c1ccc2ccc3c(-c4ccccc4)ccc4ccc1c2c43. The molecule has 2 heteroatoms. The predicted octanol–water partition coefficient (Wildman–Crippen LogP) is 10.2. The summed E-state index contributed by atoms with van der Waals surface area (Å²) in [5, 5.41) is 14.1. The third-order valence-corrected chi connectivity index (χ3v) is 12.4. The van der Waals surface area contributed by atoms with Gasteiger partial charge in [-0.3, -0.25) is 0 Å². The van der Waals surface area contributed by atoms with E-state index in [1.807, 2.05) is 30.3 Å². The van der Waals surface area contributed by atoms with Crippen LogP contribution in [-0.4, -0.2) is 0 Å². The third-order valence-electron chi connectivity index (χ3n) is 9.27. The molecule has 0 aliphatic heterocycles. The minimum atomic E-state index is -3.35. The van der Waals surface area contributed by atoms with Crippen molar-refractivity contribution < 1.29 is 4.57 Å². The molecule has 0 N–H and O–H groups in total. The fourth-order valence-electron chi connectivity index (χ4n) is 7.27. The Balaban J connectivity index is 1.43. The van der Waals surface area contributed by atoms with Gasteiger partial charge in [-0.1, -0.05) is 152 Å². The van der Waals surface area contributed by atoms with Crippen LogP contribution in [0.5, 0.6) is 0 Å². The van der Waals surface area contributed by atoms with Crippen LogP contribution in [0.15, 0.2) is 164 Å². The number of rotatable bonds is 4. The molecule has 1 atom stereocenters. The minimum absolute atomic E-state index is 0.848. The highest BCUT2D eigenvalue weighted by molar-refractivity contribution is 7.86. The first-order valence-corrected chi connectivity index (χ1v) is 16.8. The van der Waals surface area contributed by atoms with Crippen LogP contribution in [0.3, 0.4) is 0 Å². The molecule has 1 unspecified atom stereocenters. The van der Waals surface area contributed by atoms with Crippen molar-refractivity contribution in [1.82, 2.24) is 0 Å². The fourth-order valence-corrected chi connectivity index (χ4v) is 10.3. The van der Waals surface area contributed by atoms with Crippen molar-refractivity contribution in [2.45, 2.75) is 0 Å². The first-order valence-electron chi connectivity index (χ1n) is 15.0. The highest BCUT2D eigenvalue weighted by Gasteiger charge is 2.34. The maximum atomic E-state index is 16.3. The summed E-state index contributed by atoms with van der Waals surface area (Å²) >= 11 is 0. The predicted molar refractivity (Wildman–Crippen MR) is 190 cm³/mol. The Labute approximate surface area is 255 Å². The van der Waals surface area contributed by atoms with E-state index in [-0.39, 0.29) is 0 Å². The third kappa shape index (κ3) is 3.57. The van der Waals surface area contributed by atoms with Gasteiger partial charge in [-0.2, -0.15) is 0 Å². The Kier molecular flexibility index (Phi) is 5.54. The van der Waals surface area contributed by atoms with Crippen LogP contribution in [-0.2, 0) is 4.57 Å². The topological polar surface area (TPSA) is 17.1 Å². The second-order valence-electron chi connectivity index (χ2n) is 11.6. The molecule has 0 aromatic heterocycles. The normalized spacial score (nSPS) is 13.3. The summed E-state index contributed by atoms with van der Waals surface area (Å²) in [6, 6.07) is 57.3. The summed E-state index contributed by atoms with van der Waals surface area (Å²) in [5.41, 5.74) is 2.41.